The molecule has 0 saturated carbocycles. The summed E-state index contributed by atoms with van der Waals surface area (Å²) in [6, 6.07) is 7.59. The van der Waals surface area contributed by atoms with Crippen LogP contribution in [0.4, 0.5) is 4.79 Å². The topological polar surface area (TPSA) is 64.3 Å². The summed E-state index contributed by atoms with van der Waals surface area (Å²) in [5, 5.41) is 2.79. The van der Waals surface area contributed by atoms with E-state index in [1.807, 2.05) is 45.0 Å². The first kappa shape index (κ1) is 15.2. The molecule has 1 amide bonds. The fraction of sp³-hybridized carbons (Fsp3) is 0.462. The zero-order valence-corrected chi connectivity index (χ0v) is 13.0. The third-order valence-corrected chi connectivity index (χ3v) is 3.19. The second kappa shape index (κ2) is 6.38. The summed E-state index contributed by atoms with van der Waals surface area (Å²) in [5.41, 5.74) is 6.21. The van der Waals surface area contributed by atoms with E-state index in [4.69, 9.17) is 10.5 Å². The van der Waals surface area contributed by atoms with Gasteiger partial charge >= 0.3 is 6.09 Å². The van der Waals surface area contributed by atoms with Crippen LogP contribution in [-0.4, -0.2) is 18.2 Å². The van der Waals surface area contributed by atoms with E-state index < -0.39 is 11.7 Å². The van der Waals surface area contributed by atoms with Crippen LogP contribution in [0, 0.1) is 3.57 Å². The molecule has 4 nitrogen and oxygen atoms in total. The van der Waals surface area contributed by atoms with E-state index in [1.165, 1.54) is 0 Å². The summed E-state index contributed by atoms with van der Waals surface area (Å²) in [5.74, 6) is 0. The highest BCUT2D eigenvalue weighted by molar-refractivity contribution is 14.1. The van der Waals surface area contributed by atoms with Crippen molar-refractivity contribution in [2.75, 3.05) is 6.54 Å². The monoisotopic (exact) mass is 362 g/mol. The Labute approximate surface area is 121 Å². The summed E-state index contributed by atoms with van der Waals surface area (Å²) in [4.78, 5) is 11.7. The van der Waals surface area contributed by atoms with E-state index in [9.17, 15) is 4.79 Å². The summed E-state index contributed by atoms with van der Waals surface area (Å²) in [6.07, 6.45) is -0.447. The molecule has 0 aliphatic rings. The van der Waals surface area contributed by atoms with Crippen molar-refractivity contribution in [2.45, 2.75) is 32.4 Å². The number of amides is 1. The zero-order chi connectivity index (χ0) is 13.8. The summed E-state index contributed by atoms with van der Waals surface area (Å²) >= 11 is 2.23. The van der Waals surface area contributed by atoms with Gasteiger partial charge in [0.25, 0.3) is 0 Å². The number of hydrogen-bond acceptors (Lipinski definition) is 3. The smallest absolute Gasteiger partial charge is 0.408 e. The molecule has 0 radical (unpaired) electrons. The van der Waals surface area contributed by atoms with Gasteiger partial charge in [0, 0.05) is 10.1 Å². The third-order valence-electron chi connectivity index (χ3n) is 2.21. The maximum Gasteiger partial charge on any atom is 0.408 e. The molecule has 0 saturated heterocycles. The zero-order valence-electron chi connectivity index (χ0n) is 10.9. The van der Waals surface area contributed by atoms with Gasteiger partial charge in [0.15, 0.2) is 0 Å². The largest absolute Gasteiger partial charge is 0.444 e. The number of rotatable bonds is 3. The van der Waals surface area contributed by atoms with Gasteiger partial charge in [-0.25, -0.2) is 4.79 Å². The highest BCUT2D eigenvalue weighted by Gasteiger charge is 2.20. The minimum absolute atomic E-state index is 0.229. The molecule has 0 fully saturated rings. The van der Waals surface area contributed by atoms with Crippen molar-refractivity contribution in [3.8, 4) is 0 Å². The number of ether oxygens (including phenoxy) is 1. The molecule has 5 heteroatoms. The Morgan fingerprint density at radius 3 is 2.56 bits per heavy atom. The number of benzene rings is 1. The van der Waals surface area contributed by atoms with Crippen molar-refractivity contribution >= 4 is 28.7 Å². The summed E-state index contributed by atoms with van der Waals surface area (Å²) < 4.78 is 6.29. The number of carbonyl (C=O) groups is 1. The maximum atomic E-state index is 11.7. The van der Waals surface area contributed by atoms with Gasteiger partial charge in [-0.2, -0.15) is 0 Å². The van der Waals surface area contributed by atoms with Crippen LogP contribution in [0.3, 0.4) is 0 Å². The lowest BCUT2D eigenvalue weighted by molar-refractivity contribution is 0.0505. The minimum Gasteiger partial charge on any atom is -0.444 e. The maximum absolute atomic E-state index is 11.7. The molecule has 1 aromatic carbocycles. The Bertz CT molecular complexity index is 416. The Hall–Kier alpha value is -0.820. The van der Waals surface area contributed by atoms with Crippen molar-refractivity contribution in [1.82, 2.24) is 5.32 Å². The second-order valence-corrected chi connectivity index (χ2v) is 6.12. The van der Waals surface area contributed by atoms with Crippen molar-refractivity contribution in [2.24, 2.45) is 5.73 Å². The van der Waals surface area contributed by atoms with Crippen LogP contribution in [0.2, 0.25) is 0 Å². The lowest BCUT2D eigenvalue weighted by Gasteiger charge is -2.23. The van der Waals surface area contributed by atoms with Gasteiger partial charge in [0.2, 0.25) is 0 Å². The van der Waals surface area contributed by atoms with Crippen LogP contribution < -0.4 is 11.1 Å². The standard InChI is InChI=1S/C13H19IN2O2/c1-13(2,3)18-12(17)16-11(8-15)9-6-4-5-7-10(9)14/h4-7,11H,8,15H2,1-3H3,(H,16,17). The van der Waals surface area contributed by atoms with E-state index in [1.54, 1.807) is 0 Å². The first-order valence-electron chi connectivity index (χ1n) is 5.77. The molecule has 0 heterocycles. The normalized spacial score (nSPS) is 12.9. The average Bonchev–Trinajstić information content (AvgIpc) is 2.24. The first-order valence-corrected chi connectivity index (χ1v) is 6.85. The summed E-state index contributed by atoms with van der Waals surface area (Å²) in [7, 11) is 0. The molecule has 0 spiro atoms. The number of alkyl carbamates (subject to hydrolysis) is 1. The number of carbonyl (C=O) groups excluding carboxylic acids is 1. The predicted molar refractivity (Wildman–Crippen MR) is 80.3 cm³/mol. The number of nitrogens with one attached hydrogen (secondary N) is 1. The molecule has 1 unspecified atom stereocenters. The van der Waals surface area contributed by atoms with Gasteiger partial charge in [-0.05, 0) is 55.0 Å². The third kappa shape index (κ3) is 4.81. The predicted octanol–water partition coefficient (Wildman–Crippen LogP) is 2.82. The molecule has 0 aromatic heterocycles. The van der Waals surface area contributed by atoms with Crippen LogP contribution in [0.25, 0.3) is 0 Å². The van der Waals surface area contributed by atoms with Crippen LogP contribution in [0.5, 0.6) is 0 Å². The van der Waals surface area contributed by atoms with E-state index in [0.29, 0.717) is 6.54 Å². The fourth-order valence-electron chi connectivity index (χ4n) is 1.47. The molecular formula is C13H19IN2O2. The average molecular weight is 362 g/mol. The minimum atomic E-state index is -0.507. The lowest BCUT2D eigenvalue weighted by Crippen LogP contribution is -2.38. The van der Waals surface area contributed by atoms with E-state index in [0.717, 1.165) is 9.13 Å². The Balaban J connectivity index is 2.74. The SMILES string of the molecule is CC(C)(C)OC(=O)NC(CN)c1ccccc1I. The van der Waals surface area contributed by atoms with Gasteiger partial charge in [-0.15, -0.1) is 0 Å². The second-order valence-electron chi connectivity index (χ2n) is 4.96. The van der Waals surface area contributed by atoms with E-state index in [-0.39, 0.29) is 6.04 Å². The molecule has 3 N–H and O–H groups in total. The quantitative estimate of drug-likeness (QED) is 0.813. The molecule has 1 aromatic rings. The van der Waals surface area contributed by atoms with Crippen LogP contribution in [0.15, 0.2) is 24.3 Å². The molecule has 0 aliphatic heterocycles. The van der Waals surface area contributed by atoms with E-state index >= 15 is 0 Å². The molecule has 0 bridgehead atoms. The molecule has 100 valence electrons. The van der Waals surface area contributed by atoms with Crippen molar-refractivity contribution in [1.29, 1.82) is 0 Å². The fourth-order valence-corrected chi connectivity index (χ4v) is 2.23. The van der Waals surface area contributed by atoms with Crippen LogP contribution >= 0.6 is 22.6 Å². The van der Waals surface area contributed by atoms with Crippen LogP contribution in [0.1, 0.15) is 32.4 Å². The molecule has 1 atom stereocenters. The van der Waals surface area contributed by atoms with Gasteiger partial charge < -0.3 is 15.8 Å². The van der Waals surface area contributed by atoms with Gasteiger partial charge in [0.05, 0.1) is 6.04 Å². The highest BCUT2D eigenvalue weighted by Crippen LogP contribution is 2.19. The van der Waals surface area contributed by atoms with E-state index in [2.05, 4.69) is 27.9 Å². The van der Waals surface area contributed by atoms with Crippen molar-refractivity contribution < 1.29 is 9.53 Å². The highest BCUT2D eigenvalue weighted by atomic mass is 127. The molecule has 0 aliphatic carbocycles. The number of halogens is 1. The molecular weight excluding hydrogens is 343 g/mol. The van der Waals surface area contributed by atoms with Gasteiger partial charge in [0.1, 0.15) is 5.60 Å². The van der Waals surface area contributed by atoms with Gasteiger partial charge in [-0.3, -0.25) is 0 Å². The summed E-state index contributed by atoms with van der Waals surface area (Å²) in [6.45, 7) is 5.82. The van der Waals surface area contributed by atoms with Crippen LogP contribution in [-0.2, 0) is 4.74 Å². The number of nitrogens with two attached hydrogens (primary N) is 1. The Kier molecular flexibility index (Phi) is 5.40. The Morgan fingerprint density at radius 2 is 2.06 bits per heavy atom. The van der Waals surface area contributed by atoms with Crippen molar-refractivity contribution in [3.63, 3.8) is 0 Å². The van der Waals surface area contributed by atoms with Gasteiger partial charge in [-0.1, -0.05) is 18.2 Å². The Morgan fingerprint density at radius 1 is 1.44 bits per heavy atom. The first-order chi connectivity index (χ1) is 8.33. The molecule has 18 heavy (non-hydrogen) atoms. The lowest BCUT2D eigenvalue weighted by atomic mass is 10.1. The molecule has 1 rings (SSSR count). The number of hydrogen-bond donors (Lipinski definition) is 2. The van der Waals surface area contributed by atoms with Crippen molar-refractivity contribution in [3.05, 3.63) is 33.4 Å².